The van der Waals surface area contributed by atoms with Gasteiger partial charge < -0.3 is 15.2 Å². The normalized spacial score (nSPS) is 11.1. The monoisotopic (exact) mass is 475 g/mol. The van der Waals surface area contributed by atoms with E-state index in [-0.39, 0.29) is 39.9 Å². The standard InChI is InChI=1S/C19H17N5O8S/c1-2-23-18(26)15(16(20)22-19(23)27)21-17(25)11-3-9-14(10-4-11)33(30,31)32-13-7-5-12(6-8-13)24(28)29/h3-10H,2,20H2,1H3,(H,21,25)(H,22,27). The molecule has 2 aromatic carbocycles. The summed E-state index contributed by atoms with van der Waals surface area (Å²) in [5.41, 5.74) is 3.57. The average molecular weight is 475 g/mol. The highest BCUT2D eigenvalue weighted by atomic mass is 32.2. The van der Waals surface area contributed by atoms with E-state index in [0.717, 1.165) is 41.0 Å². The van der Waals surface area contributed by atoms with Gasteiger partial charge in [-0.2, -0.15) is 8.42 Å². The third-order valence-electron chi connectivity index (χ3n) is 4.43. The second kappa shape index (κ2) is 8.96. The van der Waals surface area contributed by atoms with Gasteiger partial charge in [0, 0.05) is 24.2 Å². The Morgan fingerprint density at radius 1 is 1.15 bits per heavy atom. The fourth-order valence-electron chi connectivity index (χ4n) is 2.75. The molecule has 0 fully saturated rings. The van der Waals surface area contributed by atoms with Gasteiger partial charge in [-0.25, -0.2) is 4.79 Å². The number of anilines is 2. The number of amides is 1. The number of carbonyl (C=O) groups is 1. The van der Waals surface area contributed by atoms with Crippen molar-refractivity contribution in [3.05, 3.63) is 85.0 Å². The number of hydrogen-bond acceptors (Lipinski definition) is 9. The van der Waals surface area contributed by atoms with Crippen LogP contribution in [0.2, 0.25) is 0 Å². The molecule has 172 valence electrons. The second-order valence-electron chi connectivity index (χ2n) is 6.54. The van der Waals surface area contributed by atoms with Gasteiger partial charge in [0.05, 0.1) is 4.92 Å². The highest BCUT2D eigenvalue weighted by molar-refractivity contribution is 7.87. The van der Waals surface area contributed by atoms with Gasteiger partial charge >= 0.3 is 15.8 Å². The first kappa shape index (κ1) is 23.2. The number of nitrogen functional groups attached to an aromatic ring is 1. The molecule has 4 N–H and O–H groups in total. The van der Waals surface area contributed by atoms with Gasteiger partial charge in [0.25, 0.3) is 17.2 Å². The zero-order valence-corrected chi connectivity index (χ0v) is 17.8. The van der Waals surface area contributed by atoms with E-state index in [1.54, 1.807) is 6.92 Å². The van der Waals surface area contributed by atoms with Crippen LogP contribution in [0.4, 0.5) is 17.2 Å². The molecule has 0 unspecified atom stereocenters. The minimum Gasteiger partial charge on any atom is -0.383 e. The van der Waals surface area contributed by atoms with Crippen LogP contribution in [-0.4, -0.2) is 28.8 Å². The fourth-order valence-corrected chi connectivity index (χ4v) is 3.68. The number of non-ortho nitro benzene ring substituents is 1. The Morgan fingerprint density at radius 3 is 2.30 bits per heavy atom. The van der Waals surface area contributed by atoms with Gasteiger partial charge in [0.15, 0.2) is 0 Å². The Bertz CT molecular complexity index is 1440. The van der Waals surface area contributed by atoms with Crippen LogP contribution in [0.5, 0.6) is 5.75 Å². The first-order chi connectivity index (χ1) is 15.5. The number of carbonyl (C=O) groups excluding carboxylic acids is 1. The minimum absolute atomic E-state index is 0.00247. The quantitative estimate of drug-likeness (QED) is 0.254. The van der Waals surface area contributed by atoms with E-state index < -0.39 is 32.2 Å². The SMILES string of the molecule is CCn1c(=O)[nH]c(N)c(NC(=O)c2ccc(S(=O)(=O)Oc3ccc([N+](=O)[O-])cc3)cc2)c1=O. The van der Waals surface area contributed by atoms with Crippen molar-refractivity contribution in [1.29, 1.82) is 0 Å². The van der Waals surface area contributed by atoms with Crippen LogP contribution >= 0.6 is 0 Å². The summed E-state index contributed by atoms with van der Waals surface area (Å²) in [6.45, 7) is 1.62. The molecule has 14 heteroatoms. The Morgan fingerprint density at radius 2 is 1.76 bits per heavy atom. The third-order valence-corrected chi connectivity index (χ3v) is 5.69. The predicted molar refractivity (Wildman–Crippen MR) is 117 cm³/mol. The van der Waals surface area contributed by atoms with Crippen molar-refractivity contribution in [3.8, 4) is 5.75 Å². The molecule has 0 aliphatic rings. The van der Waals surface area contributed by atoms with Crippen LogP contribution in [0.3, 0.4) is 0 Å². The molecule has 3 aromatic rings. The van der Waals surface area contributed by atoms with E-state index in [2.05, 4.69) is 10.3 Å². The molecular formula is C19H17N5O8S. The van der Waals surface area contributed by atoms with Crippen LogP contribution in [0.25, 0.3) is 0 Å². The maximum atomic E-state index is 12.5. The molecule has 0 radical (unpaired) electrons. The first-order valence-electron chi connectivity index (χ1n) is 9.26. The number of nitro groups is 1. The lowest BCUT2D eigenvalue weighted by Crippen LogP contribution is -2.37. The summed E-state index contributed by atoms with van der Waals surface area (Å²) in [6.07, 6.45) is 0. The summed E-state index contributed by atoms with van der Waals surface area (Å²) in [4.78, 5) is 48.6. The molecule has 0 atom stereocenters. The molecule has 1 amide bonds. The summed E-state index contributed by atoms with van der Waals surface area (Å²) in [6, 6.07) is 9.03. The van der Waals surface area contributed by atoms with E-state index in [1.807, 2.05) is 0 Å². The van der Waals surface area contributed by atoms with Crippen molar-refractivity contribution in [1.82, 2.24) is 9.55 Å². The number of nitrogens with two attached hydrogens (primary N) is 1. The zero-order valence-electron chi connectivity index (χ0n) is 17.0. The van der Waals surface area contributed by atoms with Crippen molar-refractivity contribution >= 4 is 33.2 Å². The number of nitrogens with one attached hydrogen (secondary N) is 2. The van der Waals surface area contributed by atoms with Crippen molar-refractivity contribution in [2.75, 3.05) is 11.1 Å². The Labute approximate surface area is 185 Å². The highest BCUT2D eigenvalue weighted by Gasteiger charge is 2.19. The second-order valence-corrected chi connectivity index (χ2v) is 8.08. The Kier molecular flexibility index (Phi) is 6.30. The molecular weight excluding hydrogens is 458 g/mol. The maximum Gasteiger partial charge on any atom is 0.339 e. The lowest BCUT2D eigenvalue weighted by atomic mass is 10.2. The van der Waals surface area contributed by atoms with Gasteiger partial charge in [0.2, 0.25) is 0 Å². The summed E-state index contributed by atoms with van der Waals surface area (Å²) >= 11 is 0. The van der Waals surface area contributed by atoms with E-state index in [4.69, 9.17) is 9.92 Å². The summed E-state index contributed by atoms with van der Waals surface area (Å²) in [7, 11) is -4.29. The van der Waals surface area contributed by atoms with E-state index in [0.29, 0.717) is 0 Å². The molecule has 0 aliphatic heterocycles. The van der Waals surface area contributed by atoms with Crippen LogP contribution in [0.1, 0.15) is 17.3 Å². The summed E-state index contributed by atoms with van der Waals surface area (Å²) in [5, 5.41) is 13.0. The fraction of sp³-hybridized carbons (Fsp3) is 0.105. The maximum absolute atomic E-state index is 12.5. The number of rotatable bonds is 7. The highest BCUT2D eigenvalue weighted by Crippen LogP contribution is 2.22. The van der Waals surface area contributed by atoms with Crippen molar-refractivity contribution in [2.45, 2.75) is 18.4 Å². The lowest BCUT2D eigenvalue weighted by Gasteiger charge is -2.10. The number of benzene rings is 2. The molecule has 0 spiro atoms. The number of hydrogen-bond donors (Lipinski definition) is 3. The largest absolute Gasteiger partial charge is 0.383 e. The molecule has 3 rings (SSSR count). The number of aromatic nitrogens is 2. The molecule has 0 bridgehead atoms. The molecule has 33 heavy (non-hydrogen) atoms. The Hall–Kier alpha value is -4.46. The van der Waals surface area contributed by atoms with Gasteiger partial charge in [-0.1, -0.05) is 0 Å². The molecule has 1 aromatic heterocycles. The summed E-state index contributed by atoms with van der Waals surface area (Å²) < 4.78 is 30.7. The van der Waals surface area contributed by atoms with Gasteiger partial charge in [-0.3, -0.25) is 29.3 Å². The minimum atomic E-state index is -4.29. The van der Waals surface area contributed by atoms with Crippen LogP contribution in [0, 0.1) is 10.1 Å². The van der Waals surface area contributed by atoms with Gasteiger partial charge in [-0.05, 0) is 43.3 Å². The molecule has 1 heterocycles. The van der Waals surface area contributed by atoms with E-state index >= 15 is 0 Å². The number of aromatic amines is 1. The van der Waals surface area contributed by atoms with Crippen molar-refractivity contribution in [3.63, 3.8) is 0 Å². The Balaban J connectivity index is 1.79. The number of nitro benzene ring substituents is 1. The smallest absolute Gasteiger partial charge is 0.339 e. The molecule has 0 saturated heterocycles. The molecule has 0 aliphatic carbocycles. The van der Waals surface area contributed by atoms with Crippen LogP contribution in [0.15, 0.2) is 63.0 Å². The van der Waals surface area contributed by atoms with E-state index in [9.17, 15) is 32.9 Å². The number of H-pyrrole nitrogens is 1. The molecule has 13 nitrogen and oxygen atoms in total. The predicted octanol–water partition coefficient (Wildman–Crippen LogP) is 1.07. The summed E-state index contributed by atoms with van der Waals surface area (Å²) in [5.74, 6) is -1.23. The third kappa shape index (κ3) is 4.90. The molecule has 0 saturated carbocycles. The van der Waals surface area contributed by atoms with Crippen LogP contribution < -0.4 is 26.5 Å². The first-order valence-corrected chi connectivity index (χ1v) is 10.7. The topological polar surface area (TPSA) is 196 Å². The van der Waals surface area contributed by atoms with Gasteiger partial charge in [-0.15, -0.1) is 0 Å². The van der Waals surface area contributed by atoms with Crippen molar-refractivity contribution in [2.24, 2.45) is 0 Å². The zero-order chi connectivity index (χ0) is 24.3. The van der Waals surface area contributed by atoms with Crippen LogP contribution in [-0.2, 0) is 16.7 Å². The van der Waals surface area contributed by atoms with Gasteiger partial charge in [0.1, 0.15) is 22.2 Å². The number of nitrogens with zero attached hydrogens (tertiary/aromatic N) is 2. The lowest BCUT2D eigenvalue weighted by molar-refractivity contribution is -0.384. The van der Waals surface area contributed by atoms with Crippen molar-refractivity contribution < 1.29 is 22.3 Å². The van der Waals surface area contributed by atoms with E-state index in [1.165, 1.54) is 12.1 Å². The average Bonchev–Trinajstić information content (AvgIpc) is 2.77.